The Balaban J connectivity index is 1.18. The molecule has 0 radical (unpaired) electrons. The summed E-state index contributed by atoms with van der Waals surface area (Å²) in [6.45, 7) is 4.28. The van der Waals surface area contributed by atoms with E-state index in [2.05, 4.69) is 34.3 Å². The number of hydrogen-bond donors (Lipinski definition) is 2. The molecule has 0 aliphatic carbocycles. The first-order valence-electron chi connectivity index (χ1n) is 14.2. The highest BCUT2D eigenvalue weighted by Crippen LogP contribution is 2.36. The van der Waals surface area contributed by atoms with Gasteiger partial charge in [-0.05, 0) is 79.8 Å². The van der Waals surface area contributed by atoms with Crippen LogP contribution in [0.25, 0.3) is 22.2 Å². The molecule has 40 heavy (non-hydrogen) atoms. The second-order valence-electron chi connectivity index (χ2n) is 11.4. The van der Waals surface area contributed by atoms with Crippen LogP contribution in [0.1, 0.15) is 68.0 Å². The number of pyridine rings is 1. The van der Waals surface area contributed by atoms with Crippen molar-refractivity contribution < 1.29 is 14.3 Å². The second-order valence-corrected chi connectivity index (χ2v) is 11.4. The number of H-pyrrole nitrogens is 1. The lowest BCUT2D eigenvalue weighted by Gasteiger charge is -2.36. The monoisotopic (exact) mass is 537 g/mol. The Bertz CT molecular complexity index is 1470. The van der Waals surface area contributed by atoms with Crippen LogP contribution in [0.15, 0.2) is 66.9 Å². The van der Waals surface area contributed by atoms with Gasteiger partial charge in [0.1, 0.15) is 11.9 Å². The van der Waals surface area contributed by atoms with Gasteiger partial charge >= 0.3 is 0 Å². The van der Waals surface area contributed by atoms with Gasteiger partial charge in [0.25, 0.3) is 5.91 Å². The Kier molecular flexibility index (Phi) is 7.24. The van der Waals surface area contributed by atoms with E-state index in [-0.39, 0.29) is 18.1 Å². The number of rotatable bonds is 9. The van der Waals surface area contributed by atoms with Gasteiger partial charge in [0.05, 0.1) is 22.9 Å². The van der Waals surface area contributed by atoms with Crippen LogP contribution in [-0.4, -0.2) is 50.6 Å². The van der Waals surface area contributed by atoms with Crippen molar-refractivity contribution in [2.75, 3.05) is 0 Å². The van der Waals surface area contributed by atoms with Crippen molar-refractivity contribution in [3.63, 3.8) is 0 Å². The molecule has 8 nitrogen and oxygen atoms in total. The fourth-order valence-electron chi connectivity index (χ4n) is 6.24. The van der Waals surface area contributed by atoms with Gasteiger partial charge in [-0.15, -0.1) is 0 Å². The molecule has 206 valence electrons. The van der Waals surface area contributed by atoms with E-state index in [1.807, 2.05) is 65.6 Å². The number of carbonyl (C=O) groups excluding carboxylic acids is 2. The van der Waals surface area contributed by atoms with Crippen LogP contribution in [0.2, 0.25) is 0 Å². The molecule has 6 rings (SSSR count). The molecule has 4 heterocycles. The number of nitrogens with one attached hydrogen (secondary N) is 2. The van der Waals surface area contributed by atoms with E-state index in [0.29, 0.717) is 23.6 Å². The number of benzene rings is 2. The van der Waals surface area contributed by atoms with Crippen LogP contribution in [0.3, 0.4) is 0 Å². The Morgan fingerprint density at radius 1 is 1.10 bits per heavy atom. The molecule has 2 bridgehead atoms. The lowest BCUT2D eigenvalue weighted by atomic mass is 9.99. The molecule has 2 aliphatic heterocycles. The first kappa shape index (κ1) is 26.0. The highest BCUT2D eigenvalue weighted by atomic mass is 16.5. The van der Waals surface area contributed by atoms with Gasteiger partial charge < -0.3 is 15.0 Å². The number of piperidine rings is 1. The maximum Gasteiger partial charge on any atom is 0.251 e. The third-order valence-electron chi connectivity index (χ3n) is 8.18. The predicted molar refractivity (Wildman–Crippen MR) is 154 cm³/mol. The number of nitrogens with zero attached hydrogens (tertiary/aromatic N) is 3. The summed E-state index contributed by atoms with van der Waals surface area (Å²) in [6.07, 6.45) is 7.57. The molecule has 8 heteroatoms. The zero-order valence-electron chi connectivity index (χ0n) is 22.9. The smallest absolute Gasteiger partial charge is 0.251 e. The SMILES string of the molecule is CC(C)C[C@H](NC(=O)c1ccc2[nH]nc(-c3ccc(OC4C[C@H]5CC[C@@H](C4)N5C=O)cc3)c2c1)c1ccccn1. The van der Waals surface area contributed by atoms with Crippen LogP contribution >= 0.6 is 0 Å². The van der Waals surface area contributed by atoms with E-state index in [4.69, 9.17) is 4.74 Å². The average molecular weight is 538 g/mol. The predicted octanol–water partition coefficient (Wildman–Crippen LogP) is 5.67. The van der Waals surface area contributed by atoms with Gasteiger partial charge in [0.2, 0.25) is 6.41 Å². The minimum absolute atomic E-state index is 0.123. The summed E-state index contributed by atoms with van der Waals surface area (Å²) in [5.74, 6) is 1.09. The van der Waals surface area contributed by atoms with Crippen molar-refractivity contribution in [1.82, 2.24) is 25.4 Å². The van der Waals surface area contributed by atoms with Crippen LogP contribution < -0.4 is 10.1 Å². The maximum atomic E-state index is 13.3. The molecule has 2 fully saturated rings. The molecule has 2 amide bonds. The fraction of sp³-hybridized carbons (Fsp3) is 0.375. The second kappa shape index (κ2) is 11.1. The van der Waals surface area contributed by atoms with E-state index >= 15 is 0 Å². The third kappa shape index (κ3) is 5.30. The topological polar surface area (TPSA) is 100 Å². The first-order chi connectivity index (χ1) is 19.5. The molecule has 2 N–H and O–H groups in total. The lowest BCUT2D eigenvalue weighted by molar-refractivity contribution is -0.123. The van der Waals surface area contributed by atoms with Crippen molar-refractivity contribution in [3.05, 3.63) is 78.1 Å². The summed E-state index contributed by atoms with van der Waals surface area (Å²) in [6, 6.07) is 19.8. The van der Waals surface area contributed by atoms with Crippen molar-refractivity contribution in [3.8, 4) is 17.0 Å². The summed E-state index contributed by atoms with van der Waals surface area (Å²) >= 11 is 0. The van der Waals surface area contributed by atoms with Gasteiger partial charge in [-0.3, -0.25) is 19.7 Å². The van der Waals surface area contributed by atoms with Crippen LogP contribution in [0.5, 0.6) is 5.75 Å². The maximum absolute atomic E-state index is 13.3. The number of amides is 2. The van der Waals surface area contributed by atoms with Crippen molar-refractivity contribution in [2.45, 2.75) is 70.2 Å². The number of hydrogen-bond acceptors (Lipinski definition) is 5. The molecule has 0 saturated carbocycles. The Morgan fingerprint density at radius 2 is 1.88 bits per heavy atom. The summed E-state index contributed by atoms with van der Waals surface area (Å²) in [4.78, 5) is 31.2. The molecule has 2 aliphatic rings. The van der Waals surface area contributed by atoms with Gasteiger partial charge in [-0.25, -0.2) is 0 Å². The highest BCUT2D eigenvalue weighted by molar-refractivity contribution is 6.01. The number of fused-ring (bicyclic) bond motifs is 3. The Hall–Kier alpha value is -4.20. The summed E-state index contributed by atoms with van der Waals surface area (Å²) in [5.41, 5.74) is 4.04. The van der Waals surface area contributed by atoms with Crippen LogP contribution in [0.4, 0.5) is 0 Å². The third-order valence-corrected chi connectivity index (χ3v) is 8.18. The number of aromatic amines is 1. The van der Waals surface area contributed by atoms with Crippen LogP contribution in [-0.2, 0) is 4.79 Å². The van der Waals surface area contributed by atoms with Crippen molar-refractivity contribution >= 4 is 23.2 Å². The zero-order valence-corrected chi connectivity index (χ0v) is 22.9. The first-order valence-corrected chi connectivity index (χ1v) is 14.2. The van der Waals surface area contributed by atoms with E-state index < -0.39 is 0 Å². The van der Waals surface area contributed by atoms with E-state index in [1.165, 1.54) is 0 Å². The Morgan fingerprint density at radius 3 is 2.55 bits per heavy atom. The van der Waals surface area contributed by atoms with Gasteiger partial charge in [0.15, 0.2) is 0 Å². The minimum Gasteiger partial charge on any atom is -0.490 e. The summed E-state index contributed by atoms with van der Waals surface area (Å²) in [5, 5.41) is 11.7. The highest BCUT2D eigenvalue weighted by Gasteiger charge is 2.40. The number of aromatic nitrogens is 3. The Labute approximate surface area is 234 Å². The van der Waals surface area contributed by atoms with Crippen LogP contribution in [0, 0.1) is 5.92 Å². The normalized spacial score (nSPS) is 21.0. The zero-order chi connectivity index (χ0) is 27.6. The fourth-order valence-corrected chi connectivity index (χ4v) is 6.24. The number of carbonyl (C=O) groups is 2. The summed E-state index contributed by atoms with van der Waals surface area (Å²) in [7, 11) is 0. The largest absolute Gasteiger partial charge is 0.490 e. The average Bonchev–Trinajstić information content (AvgIpc) is 3.50. The molecular weight excluding hydrogens is 502 g/mol. The van der Waals surface area contributed by atoms with E-state index in [1.54, 1.807) is 6.20 Å². The molecule has 2 saturated heterocycles. The molecule has 4 aromatic rings. The molecular formula is C32H35N5O3. The standard InChI is InChI=1S/C32H35N5O3/c1-20(2)15-30(29-5-3-4-14-33-29)34-32(39)22-8-13-28-27(16-22)31(36-35-28)21-6-11-25(12-7-21)40-26-17-23-9-10-24(18-26)37(23)19-38/h3-8,11-14,16,19-20,23-24,26,30H,9-10,15,17-18H2,1-2H3,(H,34,39)(H,35,36)/t23-,24+,26?,30-/m0/s1. The molecule has 1 unspecified atom stereocenters. The minimum atomic E-state index is -0.165. The van der Waals surface area contributed by atoms with Crippen molar-refractivity contribution in [1.29, 1.82) is 0 Å². The molecule has 0 spiro atoms. The summed E-state index contributed by atoms with van der Waals surface area (Å²) < 4.78 is 6.31. The van der Waals surface area contributed by atoms with Gasteiger partial charge in [-0.1, -0.05) is 19.9 Å². The van der Waals surface area contributed by atoms with E-state index in [9.17, 15) is 9.59 Å². The molecule has 2 aromatic heterocycles. The lowest BCUT2D eigenvalue weighted by Crippen LogP contribution is -2.45. The quantitative estimate of drug-likeness (QED) is 0.268. The van der Waals surface area contributed by atoms with Gasteiger partial charge in [-0.2, -0.15) is 5.10 Å². The van der Waals surface area contributed by atoms with Crippen molar-refractivity contribution in [2.24, 2.45) is 5.92 Å². The number of ether oxygens (including phenoxy) is 1. The van der Waals surface area contributed by atoms with Gasteiger partial charge in [0, 0.05) is 47.6 Å². The molecule has 4 atom stereocenters. The van der Waals surface area contributed by atoms with E-state index in [0.717, 1.165) is 72.1 Å². The molecule has 2 aromatic carbocycles.